The summed E-state index contributed by atoms with van der Waals surface area (Å²) in [6.45, 7) is -0.106. The number of ether oxygens (including phenoxy) is 1. The average Bonchev–Trinajstić information content (AvgIpc) is 2.88. The number of para-hydroxylation sites is 2. The predicted octanol–water partition coefficient (Wildman–Crippen LogP) is 3.41. The number of aromatic nitrogens is 1. The molecule has 1 heterocycles. The molecule has 128 valence electrons. The Labute approximate surface area is 149 Å². The first kappa shape index (κ1) is 15.9. The fourth-order valence-electron chi connectivity index (χ4n) is 2.92. The standard InChI is InChI=1S/C21H17N3O2/c22-18-11-5-10-17-16-9-4-6-14(12-19(16)24-21(17)18)23-20(25)13-26-15-7-2-1-3-8-15/h1-12,24H,13,22H2. The van der Waals surface area contributed by atoms with Crippen LogP contribution < -0.4 is 15.8 Å². The molecule has 3 N–H and O–H groups in total. The van der Waals surface area contributed by atoms with Gasteiger partial charge in [-0.15, -0.1) is 0 Å². The molecule has 0 aliphatic rings. The second-order valence-corrected chi connectivity index (χ2v) is 5.92. The molecule has 3 aromatic carbocycles. The Bertz CT molecular complexity index is 1160. The lowest BCUT2D eigenvalue weighted by Crippen LogP contribution is -2.12. The molecule has 0 saturated carbocycles. The highest BCUT2D eigenvalue weighted by Gasteiger charge is 2.05. The minimum atomic E-state index is -0.344. The lowest BCUT2D eigenvalue weighted by molar-refractivity contribution is -0.120. The number of H-pyrrole nitrogens is 1. The highest BCUT2D eigenvalue weighted by atomic mass is 16.5. The van der Waals surface area contributed by atoms with Crippen molar-refractivity contribution in [3.05, 3.63) is 78.2 Å². The molecule has 0 saturated heterocycles. The van der Waals surface area contributed by atoms with Gasteiger partial charge in [0.05, 0.1) is 16.6 Å². The van der Waals surface area contributed by atoms with E-state index in [0.29, 0.717) is 16.8 Å². The molecule has 26 heavy (non-hydrogen) atoms. The molecule has 5 nitrogen and oxygen atoms in total. The van der Waals surface area contributed by atoms with Crippen LogP contribution in [0.1, 0.15) is 0 Å². The van der Waals surface area contributed by atoms with Crippen LogP contribution in [0.15, 0.2) is 77.8 Å². The van der Waals surface area contributed by atoms with E-state index in [2.05, 4.69) is 9.98 Å². The third-order valence-electron chi connectivity index (χ3n) is 4.12. The normalized spacial score (nSPS) is 11.8. The van der Waals surface area contributed by atoms with Crippen LogP contribution in [0.5, 0.6) is 5.75 Å². The summed E-state index contributed by atoms with van der Waals surface area (Å²) in [7, 11) is 0. The Hall–Kier alpha value is -3.60. The summed E-state index contributed by atoms with van der Waals surface area (Å²) in [6.07, 6.45) is 0. The van der Waals surface area contributed by atoms with Gasteiger partial charge >= 0.3 is 0 Å². The van der Waals surface area contributed by atoms with Gasteiger partial charge in [0, 0.05) is 16.3 Å². The largest absolute Gasteiger partial charge is 0.484 e. The van der Waals surface area contributed by atoms with E-state index in [0.717, 1.165) is 21.8 Å². The minimum absolute atomic E-state index is 0.106. The summed E-state index contributed by atoms with van der Waals surface area (Å²) in [5, 5.41) is 2.63. The van der Waals surface area contributed by atoms with Gasteiger partial charge in [-0.25, -0.2) is 4.99 Å². The van der Waals surface area contributed by atoms with Gasteiger partial charge in [-0.1, -0.05) is 42.5 Å². The number of hydrogen-bond acceptors (Lipinski definition) is 3. The monoisotopic (exact) mass is 343 g/mol. The number of amides is 1. The number of rotatable bonds is 3. The first-order valence-electron chi connectivity index (χ1n) is 8.26. The molecule has 0 unspecified atom stereocenters. The van der Waals surface area contributed by atoms with Crippen LogP contribution in [-0.2, 0) is 4.79 Å². The van der Waals surface area contributed by atoms with Gasteiger partial charge in [0.2, 0.25) is 0 Å². The van der Waals surface area contributed by atoms with Gasteiger partial charge in [0.15, 0.2) is 6.61 Å². The lowest BCUT2D eigenvalue weighted by atomic mass is 10.2. The van der Waals surface area contributed by atoms with Crippen molar-refractivity contribution in [3.63, 3.8) is 0 Å². The topological polar surface area (TPSA) is 80.5 Å². The van der Waals surface area contributed by atoms with Crippen molar-refractivity contribution in [1.29, 1.82) is 0 Å². The zero-order valence-electron chi connectivity index (χ0n) is 14.0. The Morgan fingerprint density at radius 2 is 1.73 bits per heavy atom. The lowest BCUT2D eigenvalue weighted by Gasteiger charge is -2.01. The number of nitrogens with one attached hydrogen (secondary N) is 1. The second-order valence-electron chi connectivity index (χ2n) is 5.92. The summed E-state index contributed by atoms with van der Waals surface area (Å²) in [5.74, 6) is 0.298. The van der Waals surface area contributed by atoms with E-state index in [9.17, 15) is 4.79 Å². The van der Waals surface area contributed by atoms with Crippen molar-refractivity contribution in [2.24, 2.45) is 4.99 Å². The summed E-state index contributed by atoms with van der Waals surface area (Å²) in [6, 6.07) is 22.5. The van der Waals surface area contributed by atoms with Crippen molar-refractivity contribution in [3.8, 4) is 5.75 Å². The van der Waals surface area contributed by atoms with Crippen molar-refractivity contribution >= 4 is 33.4 Å². The number of anilines is 1. The van der Waals surface area contributed by atoms with E-state index in [1.54, 1.807) is 18.2 Å². The van der Waals surface area contributed by atoms with Crippen molar-refractivity contribution in [2.45, 2.75) is 0 Å². The maximum atomic E-state index is 12.1. The van der Waals surface area contributed by atoms with Gasteiger partial charge in [-0.2, -0.15) is 0 Å². The Balaban J connectivity index is 1.67. The smallest absolute Gasteiger partial charge is 0.284 e. The average molecular weight is 343 g/mol. The molecule has 5 heteroatoms. The van der Waals surface area contributed by atoms with Crippen molar-refractivity contribution < 1.29 is 9.53 Å². The quantitative estimate of drug-likeness (QED) is 0.559. The van der Waals surface area contributed by atoms with E-state index >= 15 is 0 Å². The number of nitrogens with zero attached hydrogens (tertiary/aromatic N) is 1. The predicted molar refractivity (Wildman–Crippen MR) is 103 cm³/mol. The molecule has 1 amide bonds. The van der Waals surface area contributed by atoms with Crippen LogP contribution >= 0.6 is 0 Å². The molecule has 0 bridgehead atoms. The number of aromatic amines is 1. The van der Waals surface area contributed by atoms with Crippen LogP contribution in [0.2, 0.25) is 0 Å². The number of fused-ring (bicyclic) bond motifs is 3. The molecule has 0 aliphatic carbocycles. The Morgan fingerprint density at radius 1 is 0.962 bits per heavy atom. The maximum absolute atomic E-state index is 12.1. The van der Waals surface area contributed by atoms with E-state index in [1.165, 1.54) is 0 Å². The van der Waals surface area contributed by atoms with Gasteiger partial charge in [-0.05, 0) is 30.3 Å². The molecular weight excluding hydrogens is 326 g/mol. The highest BCUT2D eigenvalue weighted by Crippen LogP contribution is 2.27. The molecule has 0 spiro atoms. The zero-order chi connectivity index (χ0) is 17.9. The molecule has 0 atom stereocenters. The summed E-state index contributed by atoms with van der Waals surface area (Å²) in [5.41, 5.74) is 8.49. The molecule has 1 aromatic heterocycles. The SMILES string of the molecule is Nc1cccc2c1[nH]c1cc(=NC(=O)COc3ccccc3)cccc12. The fourth-order valence-corrected chi connectivity index (χ4v) is 2.92. The molecule has 0 aliphatic heterocycles. The summed E-state index contributed by atoms with van der Waals surface area (Å²) >= 11 is 0. The fraction of sp³-hybridized carbons (Fsp3) is 0.0476. The number of hydrogen-bond donors (Lipinski definition) is 2. The molecular formula is C21H17N3O2. The summed E-state index contributed by atoms with van der Waals surface area (Å²) in [4.78, 5) is 19.6. The first-order chi connectivity index (χ1) is 12.7. The van der Waals surface area contributed by atoms with E-state index < -0.39 is 0 Å². The van der Waals surface area contributed by atoms with Crippen LogP contribution in [-0.4, -0.2) is 17.5 Å². The van der Waals surface area contributed by atoms with E-state index in [-0.39, 0.29) is 12.5 Å². The van der Waals surface area contributed by atoms with Crippen molar-refractivity contribution in [2.75, 3.05) is 12.3 Å². The second kappa shape index (κ2) is 6.72. The first-order valence-corrected chi connectivity index (χ1v) is 8.26. The number of nitrogens with two attached hydrogens (primary N) is 1. The highest BCUT2D eigenvalue weighted by molar-refractivity contribution is 6.10. The number of benzene rings is 2. The van der Waals surface area contributed by atoms with Gasteiger partial charge in [0.25, 0.3) is 5.91 Å². The number of carbonyl (C=O) groups is 1. The van der Waals surface area contributed by atoms with E-state index in [1.807, 2.05) is 54.6 Å². The van der Waals surface area contributed by atoms with Crippen LogP contribution in [0.25, 0.3) is 21.8 Å². The zero-order valence-corrected chi connectivity index (χ0v) is 14.0. The van der Waals surface area contributed by atoms with Crippen LogP contribution in [0.4, 0.5) is 5.69 Å². The van der Waals surface area contributed by atoms with Gasteiger partial charge in [0.1, 0.15) is 5.75 Å². The van der Waals surface area contributed by atoms with Crippen molar-refractivity contribution in [1.82, 2.24) is 4.98 Å². The molecule has 4 rings (SSSR count). The maximum Gasteiger partial charge on any atom is 0.284 e. The number of carbonyl (C=O) groups excluding carboxylic acids is 1. The Morgan fingerprint density at radius 3 is 2.58 bits per heavy atom. The molecule has 0 radical (unpaired) electrons. The summed E-state index contributed by atoms with van der Waals surface area (Å²) < 4.78 is 5.45. The Kier molecular flexibility index (Phi) is 4.11. The van der Waals surface area contributed by atoms with Gasteiger partial charge < -0.3 is 15.5 Å². The van der Waals surface area contributed by atoms with Crippen LogP contribution in [0.3, 0.4) is 0 Å². The molecule has 4 aromatic rings. The number of nitrogen functional groups attached to an aromatic ring is 1. The van der Waals surface area contributed by atoms with Crippen LogP contribution in [0, 0.1) is 0 Å². The third kappa shape index (κ3) is 3.15. The van der Waals surface area contributed by atoms with E-state index in [4.69, 9.17) is 10.5 Å². The molecule has 0 fully saturated rings. The van der Waals surface area contributed by atoms with Gasteiger partial charge in [-0.3, -0.25) is 4.79 Å². The third-order valence-corrected chi connectivity index (χ3v) is 4.12. The minimum Gasteiger partial charge on any atom is -0.484 e.